The predicted molar refractivity (Wildman–Crippen MR) is 70.8 cm³/mol. The Labute approximate surface area is 104 Å². The zero-order chi connectivity index (χ0) is 12.5. The van der Waals surface area contributed by atoms with E-state index < -0.39 is 0 Å². The summed E-state index contributed by atoms with van der Waals surface area (Å²) in [4.78, 5) is 0. The first-order valence-electron chi connectivity index (χ1n) is 6.13. The third-order valence-corrected chi connectivity index (χ3v) is 2.57. The van der Waals surface area contributed by atoms with Crippen LogP contribution in [-0.4, -0.2) is 33.4 Å². The molecule has 0 radical (unpaired) electrons. The van der Waals surface area contributed by atoms with Crippen molar-refractivity contribution in [3.63, 3.8) is 0 Å². The van der Waals surface area contributed by atoms with E-state index in [4.69, 9.17) is 9.47 Å². The van der Waals surface area contributed by atoms with Gasteiger partial charge in [0.15, 0.2) is 0 Å². The van der Waals surface area contributed by atoms with E-state index in [-0.39, 0.29) is 0 Å². The summed E-state index contributed by atoms with van der Waals surface area (Å²) in [6, 6.07) is 6.27. The molecule has 0 fully saturated rings. The first kappa shape index (κ1) is 14.0. The standard InChI is InChI=1S/C14H23NO2/c1-12-5-6-14(13(2)11-12)17-9-4-7-15-8-10-16-3/h5-6,11,15H,4,7-10H2,1-3H3. The summed E-state index contributed by atoms with van der Waals surface area (Å²) in [6.45, 7) is 7.56. The van der Waals surface area contributed by atoms with Crippen LogP contribution < -0.4 is 10.1 Å². The number of benzene rings is 1. The molecule has 0 amide bonds. The monoisotopic (exact) mass is 237 g/mol. The molecule has 0 aliphatic heterocycles. The van der Waals surface area contributed by atoms with Crippen LogP contribution in [0.3, 0.4) is 0 Å². The second-order valence-electron chi connectivity index (χ2n) is 4.21. The molecular formula is C14H23NO2. The van der Waals surface area contributed by atoms with Gasteiger partial charge < -0.3 is 14.8 Å². The van der Waals surface area contributed by atoms with Crippen LogP contribution in [0.4, 0.5) is 0 Å². The van der Waals surface area contributed by atoms with Gasteiger partial charge in [0.05, 0.1) is 13.2 Å². The fourth-order valence-electron chi connectivity index (χ4n) is 1.64. The largest absolute Gasteiger partial charge is 0.493 e. The van der Waals surface area contributed by atoms with Crippen LogP contribution in [0, 0.1) is 13.8 Å². The van der Waals surface area contributed by atoms with Crippen molar-refractivity contribution in [2.24, 2.45) is 0 Å². The Balaban J connectivity index is 2.14. The molecule has 0 saturated heterocycles. The second-order valence-corrected chi connectivity index (χ2v) is 4.21. The topological polar surface area (TPSA) is 30.5 Å². The maximum Gasteiger partial charge on any atom is 0.122 e. The van der Waals surface area contributed by atoms with E-state index in [1.807, 2.05) is 6.07 Å². The second kappa shape index (κ2) is 8.09. The average molecular weight is 237 g/mol. The summed E-state index contributed by atoms with van der Waals surface area (Å²) in [6.07, 6.45) is 1.01. The number of rotatable bonds is 8. The van der Waals surface area contributed by atoms with Gasteiger partial charge in [-0.15, -0.1) is 0 Å². The lowest BCUT2D eigenvalue weighted by Crippen LogP contribution is -2.21. The Kier molecular flexibility index (Phi) is 6.67. The molecule has 1 rings (SSSR count). The summed E-state index contributed by atoms with van der Waals surface area (Å²) in [5, 5.41) is 3.29. The van der Waals surface area contributed by atoms with Gasteiger partial charge in [-0.3, -0.25) is 0 Å². The number of aryl methyl sites for hydroxylation is 2. The molecule has 0 aromatic heterocycles. The Hall–Kier alpha value is -1.06. The SMILES string of the molecule is COCCNCCCOc1ccc(C)cc1C. The summed E-state index contributed by atoms with van der Waals surface area (Å²) < 4.78 is 10.7. The van der Waals surface area contributed by atoms with Crippen molar-refractivity contribution in [3.8, 4) is 5.75 Å². The van der Waals surface area contributed by atoms with Crippen molar-refractivity contribution in [2.45, 2.75) is 20.3 Å². The van der Waals surface area contributed by atoms with Crippen LogP contribution in [0.1, 0.15) is 17.5 Å². The quantitative estimate of drug-likeness (QED) is 0.704. The molecule has 1 aromatic carbocycles. The van der Waals surface area contributed by atoms with Gasteiger partial charge in [-0.2, -0.15) is 0 Å². The number of methoxy groups -OCH3 is 1. The molecule has 1 aromatic rings. The van der Waals surface area contributed by atoms with E-state index >= 15 is 0 Å². The number of hydrogen-bond donors (Lipinski definition) is 1. The molecule has 0 atom stereocenters. The summed E-state index contributed by atoms with van der Waals surface area (Å²) in [5.41, 5.74) is 2.48. The molecule has 1 N–H and O–H groups in total. The number of nitrogens with one attached hydrogen (secondary N) is 1. The van der Waals surface area contributed by atoms with E-state index in [1.165, 1.54) is 11.1 Å². The van der Waals surface area contributed by atoms with Gasteiger partial charge in [0.1, 0.15) is 5.75 Å². The van der Waals surface area contributed by atoms with Gasteiger partial charge in [0.25, 0.3) is 0 Å². The Morgan fingerprint density at radius 1 is 1.12 bits per heavy atom. The summed E-state index contributed by atoms with van der Waals surface area (Å²) in [5.74, 6) is 0.993. The third kappa shape index (κ3) is 5.71. The molecule has 0 unspecified atom stereocenters. The highest BCUT2D eigenvalue weighted by Crippen LogP contribution is 2.18. The van der Waals surface area contributed by atoms with Gasteiger partial charge in [0, 0.05) is 13.7 Å². The molecule has 0 spiro atoms. The fraction of sp³-hybridized carbons (Fsp3) is 0.571. The van der Waals surface area contributed by atoms with E-state index in [0.717, 1.165) is 38.5 Å². The minimum Gasteiger partial charge on any atom is -0.493 e. The molecule has 0 aliphatic carbocycles. The van der Waals surface area contributed by atoms with Crippen LogP contribution in [0.2, 0.25) is 0 Å². The van der Waals surface area contributed by atoms with E-state index in [2.05, 4.69) is 31.3 Å². The highest BCUT2D eigenvalue weighted by molar-refractivity contribution is 5.35. The van der Waals surface area contributed by atoms with Gasteiger partial charge in [0.2, 0.25) is 0 Å². The Morgan fingerprint density at radius 3 is 2.65 bits per heavy atom. The smallest absolute Gasteiger partial charge is 0.122 e. The van der Waals surface area contributed by atoms with Crippen LogP contribution in [0.15, 0.2) is 18.2 Å². The van der Waals surface area contributed by atoms with Crippen molar-refractivity contribution >= 4 is 0 Å². The van der Waals surface area contributed by atoms with Gasteiger partial charge in [-0.05, 0) is 38.4 Å². The molecule has 0 heterocycles. The predicted octanol–water partition coefficient (Wildman–Crippen LogP) is 2.31. The highest BCUT2D eigenvalue weighted by atomic mass is 16.5. The van der Waals surface area contributed by atoms with Crippen LogP contribution in [0.25, 0.3) is 0 Å². The molecule has 0 bridgehead atoms. The maximum atomic E-state index is 5.73. The summed E-state index contributed by atoms with van der Waals surface area (Å²) in [7, 11) is 1.71. The first-order valence-corrected chi connectivity index (χ1v) is 6.13. The third-order valence-electron chi connectivity index (χ3n) is 2.57. The normalized spacial score (nSPS) is 10.5. The zero-order valence-corrected chi connectivity index (χ0v) is 11.1. The molecule has 3 nitrogen and oxygen atoms in total. The van der Waals surface area contributed by atoms with Crippen molar-refractivity contribution in [2.75, 3.05) is 33.4 Å². The maximum absolute atomic E-state index is 5.73. The molecular weight excluding hydrogens is 214 g/mol. The fourth-order valence-corrected chi connectivity index (χ4v) is 1.64. The van der Waals surface area contributed by atoms with Crippen molar-refractivity contribution in [1.29, 1.82) is 0 Å². The van der Waals surface area contributed by atoms with E-state index in [0.29, 0.717) is 0 Å². The van der Waals surface area contributed by atoms with E-state index in [1.54, 1.807) is 7.11 Å². The van der Waals surface area contributed by atoms with Crippen molar-refractivity contribution < 1.29 is 9.47 Å². The lowest BCUT2D eigenvalue weighted by Gasteiger charge is -2.10. The molecule has 0 saturated carbocycles. The zero-order valence-electron chi connectivity index (χ0n) is 11.1. The Morgan fingerprint density at radius 2 is 1.94 bits per heavy atom. The first-order chi connectivity index (χ1) is 8.24. The van der Waals surface area contributed by atoms with Crippen LogP contribution in [-0.2, 0) is 4.74 Å². The molecule has 0 aliphatic rings. The lowest BCUT2D eigenvalue weighted by molar-refractivity contribution is 0.198. The molecule has 3 heteroatoms. The number of hydrogen-bond acceptors (Lipinski definition) is 3. The molecule has 96 valence electrons. The van der Waals surface area contributed by atoms with Gasteiger partial charge >= 0.3 is 0 Å². The van der Waals surface area contributed by atoms with Crippen molar-refractivity contribution in [1.82, 2.24) is 5.32 Å². The van der Waals surface area contributed by atoms with E-state index in [9.17, 15) is 0 Å². The summed E-state index contributed by atoms with van der Waals surface area (Å²) >= 11 is 0. The van der Waals surface area contributed by atoms with Crippen LogP contribution >= 0.6 is 0 Å². The number of ether oxygens (including phenoxy) is 2. The van der Waals surface area contributed by atoms with Gasteiger partial charge in [-0.1, -0.05) is 17.7 Å². The minimum atomic E-state index is 0.754. The molecule has 17 heavy (non-hydrogen) atoms. The average Bonchev–Trinajstić information content (AvgIpc) is 2.30. The lowest BCUT2D eigenvalue weighted by atomic mass is 10.1. The van der Waals surface area contributed by atoms with Crippen LogP contribution in [0.5, 0.6) is 5.75 Å². The minimum absolute atomic E-state index is 0.754. The van der Waals surface area contributed by atoms with Gasteiger partial charge in [-0.25, -0.2) is 0 Å². The highest BCUT2D eigenvalue weighted by Gasteiger charge is 1.98. The van der Waals surface area contributed by atoms with Crippen molar-refractivity contribution in [3.05, 3.63) is 29.3 Å². The Bertz CT molecular complexity index is 326.